The molecule has 126 valence electrons. The highest BCUT2D eigenvalue weighted by Crippen LogP contribution is 2.27. The van der Waals surface area contributed by atoms with Gasteiger partial charge in [0.15, 0.2) is 0 Å². The lowest BCUT2D eigenvalue weighted by molar-refractivity contribution is -0.132. The monoisotopic (exact) mass is 337 g/mol. The van der Waals surface area contributed by atoms with Crippen molar-refractivity contribution in [3.63, 3.8) is 0 Å². The van der Waals surface area contributed by atoms with Gasteiger partial charge < -0.3 is 16.0 Å². The third-order valence-corrected chi connectivity index (χ3v) is 4.66. The highest BCUT2D eigenvalue weighted by atomic mass is 35.5. The Morgan fingerprint density at radius 3 is 2.48 bits per heavy atom. The van der Waals surface area contributed by atoms with Crippen molar-refractivity contribution in [3.05, 3.63) is 28.8 Å². The number of nitrogens with one attached hydrogen (secondary N) is 1. The largest absolute Gasteiger partial charge is 0.336 e. The molecule has 1 aromatic carbocycles. The predicted molar refractivity (Wildman–Crippen MR) is 92.2 cm³/mol. The first-order chi connectivity index (χ1) is 10.9. The van der Waals surface area contributed by atoms with E-state index in [4.69, 9.17) is 17.3 Å². The van der Waals surface area contributed by atoms with E-state index < -0.39 is 0 Å². The van der Waals surface area contributed by atoms with Crippen LogP contribution in [0.5, 0.6) is 0 Å². The summed E-state index contributed by atoms with van der Waals surface area (Å²) in [6, 6.07) is 5.77. The van der Waals surface area contributed by atoms with Crippen LogP contribution in [0.2, 0.25) is 5.02 Å². The summed E-state index contributed by atoms with van der Waals surface area (Å²) in [5.41, 5.74) is 7.47. The number of rotatable bonds is 4. The first-order valence-corrected chi connectivity index (χ1v) is 8.33. The molecule has 0 aliphatic heterocycles. The van der Waals surface area contributed by atoms with E-state index in [1.54, 1.807) is 19.1 Å². The highest BCUT2D eigenvalue weighted by molar-refractivity contribution is 6.31. The third-order valence-electron chi connectivity index (χ3n) is 4.29. The van der Waals surface area contributed by atoms with E-state index in [2.05, 4.69) is 5.32 Å². The number of nitrogens with two attached hydrogens (primary N) is 1. The Kier molecular flexibility index (Phi) is 6.02. The number of amides is 2. The van der Waals surface area contributed by atoms with Crippen LogP contribution in [0.25, 0.3) is 0 Å². The second kappa shape index (κ2) is 7.79. The summed E-state index contributed by atoms with van der Waals surface area (Å²) in [6.45, 7) is 3.49. The Morgan fingerprint density at radius 1 is 1.26 bits per heavy atom. The van der Waals surface area contributed by atoms with Crippen molar-refractivity contribution in [1.29, 1.82) is 0 Å². The van der Waals surface area contributed by atoms with E-state index >= 15 is 0 Å². The van der Waals surface area contributed by atoms with Gasteiger partial charge in [0.05, 0.1) is 0 Å². The lowest BCUT2D eigenvalue weighted by Gasteiger charge is -2.35. The van der Waals surface area contributed by atoms with Gasteiger partial charge in [-0.2, -0.15) is 0 Å². The SMILES string of the molecule is CC(=O)Nc1ccc(Cl)c(CN(C(C)=O)C2CCC(N)CC2)c1. The molecule has 5 nitrogen and oxygen atoms in total. The fourth-order valence-corrected chi connectivity index (χ4v) is 3.25. The third kappa shape index (κ3) is 4.94. The molecular formula is C17H24ClN3O2. The van der Waals surface area contributed by atoms with Gasteiger partial charge in [-0.15, -0.1) is 0 Å². The van der Waals surface area contributed by atoms with Crippen LogP contribution in [0.3, 0.4) is 0 Å². The molecule has 2 amide bonds. The molecule has 1 saturated carbocycles. The molecule has 6 heteroatoms. The Labute approximate surface area is 142 Å². The van der Waals surface area contributed by atoms with Gasteiger partial charge in [0.1, 0.15) is 0 Å². The van der Waals surface area contributed by atoms with Gasteiger partial charge in [0, 0.05) is 43.2 Å². The predicted octanol–water partition coefficient (Wildman–Crippen LogP) is 2.92. The Hall–Kier alpha value is -1.59. The number of hydrogen-bond donors (Lipinski definition) is 2. The fourth-order valence-electron chi connectivity index (χ4n) is 3.07. The normalized spacial score (nSPS) is 20.9. The van der Waals surface area contributed by atoms with Crippen LogP contribution in [-0.4, -0.2) is 28.8 Å². The Balaban J connectivity index is 2.16. The molecule has 2 rings (SSSR count). The summed E-state index contributed by atoms with van der Waals surface area (Å²) in [5.74, 6) is -0.102. The van der Waals surface area contributed by atoms with Crippen molar-refractivity contribution in [3.8, 4) is 0 Å². The van der Waals surface area contributed by atoms with Gasteiger partial charge in [-0.1, -0.05) is 11.6 Å². The van der Waals surface area contributed by atoms with Gasteiger partial charge in [0.2, 0.25) is 11.8 Å². The maximum absolute atomic E-state index is 12.1. The molecule has 1 fully saturated rings. The molecule has 0 unspecified atom stereocenters. The van der Waals surface area contributed by atoms with E-state index in [1.165, 1.54) is 6.92 Å². The molecule has 0 saturated heterocycles. The molecular weight excluding hydrogens is 314 g/mol. The molecule has 0 bridgehead atoms. The summed E-state index contributed by atoms with van der Waals surface area (Å²) in [6.07, 6.45) is 3.72. The minimum absolute atomic E-state index is 0.0338. The van der Waals surface area contributed by atoms with Crippen molar-refractivity contribution < 1.29 is 9.59 Å². The summed E-state index contributed by atoms with van der Waals surface area (Å²) in [4.78, 5) is 25.1. The molecule has 1 aliphatic rings. The smallest absolute Gasteiger partial charge is 0.221 e. The first-order valence-electron chi connectivity index (χ1n) is 7.95. The van der Waals surface area contributed by atoms with E-state index in [0.717, 1.165) is 31.2 Å². The lowest BCUT2D eigenvalue weighted by atomic mass is 9.90. The van der Waals surface area contributed by atoms with Crippen LogP contribution in [0.1, 0.15) is 45.1 Å². The first kappa shape index (κ1) is 17.8. The molecule has 23 heavy (non-hydrogen) atoms. The van der Waals surface area contributed by atoms with E-state index in [9.17, 15) is 9.59 Å². The molecule has 0 radical (unpaired) electrons. The van der Waals surface area contributed by atoms with Gasteiger partial charge in [-0.3, -0.25) is 9.59 Å². The number of benzene rings is 1. The zero-order chi connectivity index (χ0) is 17.0. The summed E-state index contributed by atoms with van der Waals surface area (Å²) in [7, 11) is 0. The minimum atomic E-state index is -0.136. The van der Waals surface area contributed by atoms with Crippen LogP contribution in [0.4, 0.5) is 5.69 Å². The lowest BCUT2D eigenvalue weighted by Crippen LogP contribution is -2.42. The van der Waals surface area contributed by atoms with Crippen molar-refractivity contribution in [2.24, 2.45) is 5.73 Å². The van der Waals surface area contributed by atoms with Crippen LogP contribution >= 0.6 is 11.6 Å². The summed E-state index contributed by atoms with van der Waals surface area (Å²) < 4.78 is 0. The second-order valence-corrected chi connectivity index (χ2v) is 6.61. The van der Waals surface area contributed by atoms with Crippen molar-refractivity contribution in [1.82, 2.24) is 4.90 Å². The number of carbonyl (C=O) groups excluding carboxylic acids is 2. The van der Waals surface area contributed by atoms with E-state index in [0.29, 0.717) is 17.3 Å². The summed E-state index contributed by atoms with van der Waals surface area (Å²) in [5, 5.41) is 3.34. The maximum Gasteiger partial charge on any atom is 0.221 e. The molecule has 3 N–H and O–H groups in total. The van der Waals surface area contributed by atoms with Crippen molar-refractivity contribution in [2.45, 2.75) is 58.2 Å². The van der Waals surface area contributed by atoms with E-state index in [1.807, 2.05) is 11.0 Å². The topological polar surface area (TPSA) is 75.4 Å². The average Bonchev–Trinajstić information content (AvgIpc) is 2.48. The molecule has 0 atom stereocenters. The molecule has 0 heterocycles. The molecule has 0 aromatic heterocycles. The van der Waals surface area contributed by atoms with Crippen LogP contribution in [0, 0.1) is 0 Å². The second-order valence-electron chi connectivity index (χ2n) is 6.20. The van der Waals surface area contributed by atoms with Crippen LogP contribution in [-0.2, 0) is 16.1 Å². The van der Waals surface area contributed by atoms with Gasteiger partial charge >= 0.3 is 0 Å². The quantitative estimate of drug-likeness (QED) is 0.887. The zero-order valence-electron chi connectivity index (χ0n) is 13.6. The fraction of sp³-hybridized carbons (Fsp3) is 0.529. The number of halogens is 1. The van der Waals surface area contributed by atoms with Crippen LogP contribution in [0.15, 0.2) is 18.2 Å². The number of anilines is 1. The van der Waals surface area contributed by atoms with Crippen LogP contribution < -0.4 is 11.1 Å². The zero-order valence-corrected chi connectivity index (χ0v) is 14.4. The number of carbonyl (C=O) groups is 2. The van der Waals surface area contributed by atoms with Crippen molar-refractivity contribution in [2.75, 3.05) is 5.32 Å². The highest BCUT2D eigenvalue weighted by Gasteiger charge is 2.26. The summed E-state index contributed by atoms with van der Waals surface area (Å²) >= 11 is 6.27. The standard InChI is InChI=1S/C17H24ClN3O2/c1-11(22)20-15-5-8-17(18)13(9-15)10-21(12(2)23)16-6-3-14(19)4-7-16/h5,8-9,14,16H,3-4,6-7,10,19H2,1-2H3,(H,20,22). The van der Waals surface area contributed by atoms with E-state index in [-0.39, 0.29) is 23.9 Å². The molecule has 1 aromatic rings. The molecule has 0 spiro atoms. The number of hydrogen-bond acceptors (Lipinski definition) is 3. The van der Waals surface area contributed by atoms with Crippen molar-refractivity contribution >= 4 is 29.1 Å². The molecule has 1 aliphatic carbocycles. The Bertz CT molecular complexity index is 583. The Morgan fingerprint density at radius 2 is 1.91 bits per heavy atom. The number of nitrogens with zero attached hydrogens (tertiary/aromatic N) is 1. The van der Waals surface area contributed by atoms with Gasteiger partial charge in [-0.25, -0.2) is 0 Å². The maximum atomic E-state index is 12.1. The minimum Gasteiger partial charge on any atom is -0.336 e. The van der Waals surface area contributed by atoms with Gasteiger partial charge in [0.25, 0.3) is 0 Å². The van der Waals surface area contributed by atoms with Gasteiger partial charge in [-0.05, 0) is 49.4 Å². The average molecular weight is 338 g/mol.